The van der Waals surface area contributed by atoms with Gasteiger partial charge in [0.15, 0.2) is 0 Å². The fourth-order valence-electron chi connectivity index (χ4n) is 2.11. The Morgan fingerprint density at radius 3 is 2.44 bits per heavy atom. The summed E-state index contributed by atoms with van der Waals surface area (Å²) < 4.78 is 5.51. The van der Waals surface area contributed by atoms with Crippen LogP contribution >= 0.6 is 0 Å². The van der Waals surface area contributed by atoms with Crippen molar-refractivity contribution in [3.63, 3.8) is 0 Å². The third-order valence-corrected chi connectivity index (χ3v) is 3.11. The summed E-state index contributed by atoms with van der Waals surface area (Å²) in [5.74, 6) is 0. The van der Waals surface area contributed by atoms with Crippen LogP contribution < -0.4 is 0 Å². The predicted octanol–water partition coefficient (Wildman–Crippen LogP) is 4.24. The summed E-state index contributed by atoms with van der Waals surface area (Å²) in [6.07, 6.45) is 6.07. The first-order valence-electron chi connectivity index (χ1n) is 6.38. The molecule has 94 valence electrons. The van der Waals surface area contributed by atoms with Gasteiger partial charge < -0.3 is 4.74 Å². The average Bonchev–Trinajstić information content (AvgIpc) is 2.46. The molecule has 0 aliphatic carbocycles. The van der Waals surface area contributed by atoms with E-state index in [1.807, 2.05) is 12.3 Å². The van der Waals surface area contributed by atoms with Gasteiger partial charge in [-0.1, -0.05) is 43.7 Å². The number of rotatable bonds is 5. The summed E-state index contributed by atoms with van der Waals surface area (Å²) in [5.41, 5.74) is 3.58. The van der Waals surface area contributed by atoms with Gasteiger partial charge in [-0.05, 0) is 29.2 Å². The molecule has 0 bridgehead atoms. The van der Waals surface area contributed by atoms with E-state index in [1.165, 1.54) is 11.1 Å². The summed E-state index contributed by atoms with van der Waals surface area (Å²) in [4.78, 5) is 4.14. The van der Waals surface area contributed by atoms with Gasteiger partial charge in [0, 0.05) is 19.5 Å². The number of methoxy groups -OCH3 is 1. The van der Waals surface area contributed by atoms with Gasteiger partial charge in [-0.2, -0.15) is 0 Å². The van der Waals surface area contributed by atoms with Gasteiger partial charge in [0.2, 0.25) is 0 Å². The number of hydrogen-bond acceptors (Lipinski definition) is 2. The average molecular weight is 241 g/mol. The minimum Gasteiger partial charge on any atom is -0.377 e. The Morgan fingerprint density at radius 2 is 1.89 bits per heavy atom. The Bertz CT molecular complexity index is 464. The Labute approximate surface area is 109 Å². The van der Waals surface area contributed by atoms with Crippen LogP contribution in [0.3, 0.4) is 0 Å². The molecule has 0 saturated heterocycles. The Hall–Kier alpha value is -1.67. The molecule has 0 spiro atoms. The van der Waals surface area contributed by atoms with E-state index >= 15 is 0 Å². The molecule has 18 heavy (non-hydrogen) atoms. The first-order valence-corrected chi connectivity index (χ1v) is 6.38. The number of ether oxygens (including phenoxy) is 1. The molecule has 0 aliphatic heterocycles. The van der Waals surface area contributed by atoms with E-state index in [4.69, 9.17) is 4.74 Å². The zero-order chi connectivity index (χ0) is 12.8. The van der Waals surface area contributed by atoms with Crippen molar-refractivity contribution in [1.29, 1.82) is 0 Å². The molecule has 1 unspecified atom stereocenters. The fraction of sp³-hybridized carbons (Fsp3) is 0.312. The van der Waals surface area contributed by atoms with Crippen molar-refractivity contribution < 1.29 is 4.74 Å². The van der Waals surface area contributed by atoms with Crippen LogP contribution in [0.2, 0.25) is 0 Å². The molecule has 2 rings (SSSR count). The van der Waals surface area contributed by atoms with Gasteiger partial charge in [-0.3, -0.25) is 4.98 Å². The summed E-state index contributed by atoms with van der Waals surface area (Å²) in [7, 11) is 1.77. The van der Waals surface area contributed by atoms with Crippen molar-refractivity contribution in [2.75, 3.05) is 7.11 Å². The molecule has 0 N–H and O–H groups in total. The Balaban J connectivity index is 2.19. The largest absolute Gasteiger partial charge is 0.377 e. The molecule has 2 aromatic rings. The van der Waals surface area contributed by atoms with E-state index in [2.05, 4.69) is 42.2 Å². The van der Waals surface area contributed by atoms with Gasteiger partial charge in [-0.25, -0.2) is 0 Å². The normalized spacial score (nSPS) is 12.3. The van der Waals surface area contributed by atoms with Crippen molar-refractivity contribution in [1.82, 2.24) is 4.98 Å². The van der Waals surface area contributed by atoms with Crippen molar-refractivity contribution in [3.05, 3.63) is 54.4 Å². The summed E-state index contributed by atoms with van der Waals surface area (Å²) >= 11 is 0. The highest BCUT2D eigenvalue weighted by Gasteiger charge is 2.09. The molecule has 2 heteroatoms. The van der Waals surface area contributed by atoms with Crippen LogP contribution in [0.25, 0.3) is 11.1 Å². The lowest BCUT2D eigenvalue weighted by atomic mass is 10.0. The molecule has 1 aromatic heterocycles. The molecular formula is C16H19NO. The van der Waals surface area contributed by atoms with E-state index in [0.29, 0.717) is 0 Å². The first kappa shape index (κ1) is 12.8. The second-order valence-corrected chi connectivity index (χ2v) is 4.38. The van der Waals surface area contributed by atoms with Crippen LogP contribution in [0.5, 0.6) is 0 Å². The Kier molecular flexibility index (Phi) is 4.48. The van der Waals surface area contributed by atoms with Crippen LogP contribution in [-0.2, 0) is 4.74 Å². The van der Waals surface area contributed by atoms with Crippen LogP contribution in [0.4, 0.5) is 0 Å². The minimum absolute atomic E-state index is 0.206. The highest BCUT2D eigenvalue weighted by Crippen LogP contribution is 2.25. The van der Waals surface area contributed by atoms with Gasteiger partial charge in [0.25, 0.3) is 0 Å². The molecule has 0 amide bonds. The third kappa shape index (κ3) is 2.96. The maximum absolute atomic E-state index is 5.51. The van der Waals surface area contributed by atoms with E-state index in [0.717, 1.165) is 18.4 Å². The summed E-state index contributed by atoms with van der Waals surface area (Å²) in [5, 5.41) is 0. The zero-order valence-electron chi connectivity index (χ0n) is 11.0. The van der Waals surface area contributed by atoms with Gasteiger partial charge in [0.1, 0.15) is 0 Å². The highest BCUT2D eigenvalue weighted by atomic mass is 16.5. The first-order chi connectivity index (χ1) is 8.85. The van der Waals surface area contributed by atoms with Crippen molar-refractivity contribution in [2.45, 2.75) is 25.9 Å². The number of pyridine rings is 1. The van der Waals surface area contributed by atoms with Gasteiger partial charge >= 0.3 is 0 Å². The third-order valence-electron chi connectivity index (χ3n) is 3.11. The number of aromatic nitrogens is 1. The Morgan fingerprint density at radius 1 is 1.11 bits per heavy atom. The lowest BCUT2D eigenvalue weighted by Crippen LogP contribution is -2.00. The van der Waals surface area contributed by atoms with Crippen LogP contribution in [-0.4, -0.2) is 12.1 Å². The SMILES string of the molecule is CCCC(OC)c1ccc(-c2cccnc2)cc1. The molecule has 1 heterocycles. The van der Waals surface area contributed by atoms with Crippen LogP contribution in [0, 0.1) is 0 Å². The monoisotopic (exact) mass is 241 g/mol. The molecule has 1 aromatic carbocycles. The van der Waals surface area contributed by atoms with Crippen molar-refractivity contribution in [3.8, 4) is 11.1 Å². The zero-order valence-corrected chi connectivity index (χ0v) is 11.0. The molecule has 0 saturated carbocycles. The van der Waals surface area contributed by atoms with Crippen LogP contribution in [0.1, 0.15) is 31.4 Å². The van der Waals surface area contributed by atoms with Crippen molar-refractivity contribution in [2.24, 2.45) is 0 Å². The standard InChI is InChI=1S/C16H19NO/c1-3-5-16(18-2)14-9-7-13(8-10-14)15-6-4-11-17-12-15/h4,6-12,16H,3,5H2,1-2H3. The lowest BCUT2D eigenvalue weighted by Gasteiger charge is -2.15. The van der Waals surface area contributed by atoms with Gasteiger partial charge in [0.05, 0.1) is 6.10 Å². The highest BCUT2D eigenvalue weighted by molar-refractivity contribution is 5.62. The summed E-state index contributed by atoms with van der Waals surface area (Å²) in [6.45, 7) is 2.18. The molecule has 0 radical (unpaired) electrons. The maximum atomic E-state index is 5.51. The lowest BCUT2D eigenvalue weighted by molar-refractivity contribution is 0.0950. The van der Waals surface area contributed by atoms with Crippen molar-refractivity contribution >= 4 is 0 Å². The molecule has 1 atom stereocenters. The maximum Gasteiger partial charge on any atom is 0.0821 e. The number of hydrogen-bond donors (Lipinski definition) is 0. The number of nitrogens with zero attached hydrogens (tertiary/aromatic N) is 1. The molecule has 0 aliphatic rings. The van der Waals surface area contributed by atoms with Gasteiger partial charge in [-0.15, -0.1) is 0 Å². The molecular weight excluding hydrogens is 222 g/mol. The smallest absolute Gasteiger partial charge is 0.0821 e. The van der Waals surface area contributed by atoms with E-state index in [1.54, 1.807) is 13.3 Å². The predicted molar refractivity (Wildman–Crippen MR) is 74.3 cm³/mol. The number of benzene rings is 1. The van der Waals surface area contributed by atoms with E-state index < -0.39 is 0 Å². The quantitative estimate of drug-likeness (QED) is 0.781. The van der Waals surface area contributed by atoms with E-state index in [9.17, 15) is 0 Å². The second kappa shape index (κ2) is 6.31. The topological polar surface area (TPSA) is 22.1 Å². The second-order valence-electron chi connectivity index (χ2n) is 4.38. The molecule has 0 fully saturated rings. The fourth-order valence-corrected chi connectivity index (χ4v) is 2.11. The van der Waals surface area contributed by atoms with E-state index in [-0.39, 0.29) is 6.10 Å². The molecule has 2 nitrogen and oxygen atoms in total. The summed E-state index contributed by atoms with van der Waals surface area (Å²) in [6, 6.07) is 12.6. The minimum atomic E-state index is 0.206. The van der Waals surface area contributed by atoms with Crippen LogP contribution in [0.15, 0.2) is 48.8 Å².